The van der Waals surface area contributed by atoms with Crippen molar-refractivity contribution in [2.24, 2.45) is 0 Å². The van der Waals surface area contributed by atoms with Crippen LogP contribution in [-0.4, -0.2) is 42.0 Å². The van der Waals surface area contributed by atoms with Crippen molar-refractivity contribution in [1.82, 2.24) is 4.98 Å². The zero-order chi connectivity index (χ0) is 21.3. The maximum Gasteiger partial charge on any atom is 0.257 e. The summed E-state index contributed by atoms with van der Waals surface area (Å²) in [5.74, 6) is -0.378. The molecule has 0 aliphatic rings. The van der Waals surface area contributed by atoms with Crippen molar-refractivity contribution < 1.29 is 14.7 Å². The molecule has 30 heavy (non-hydrogen) atoms. The third-order valence-corrected chi connectivity index (χ3v) is 4.55. The molecule has 1 amide bonds. The van der Waals surface area contributed by atoms with Gasteiger partial charge in [-0.15, -0.1) is 0 Å². The average molecular weight is 401 g/mol. The minimum Gasteiger partial charge on any atom is -0.395 e. The van der Waals surface area contributed by atoms with Gasteiger partial charge in [0.25, 0.3) is 5.91 Å². The number of hydrogen-bond donors (Lipinski definition) is 2. The molecule has 3 aromatic rings. The standard InChI is InChI=1S/C24H23N3O3/c1-27(15-16-28)22-11-4-18(5-12-22)6-13-23(29)19-7-9-21(10-8-19)26-24(30)20-3-2-14-25-17-20/h2-14,17,28H,15-16H2,1H3,(H,26,30)/b13-6+. The predicted octanol–water partition coefficient (Wildman–Crippen LogP) is 3.66. The van der Waals surface area contributed by atoms with E-state index in [4.69, 9.17) is 5.11 Å². The zero-order valence-electron chi connectivity index (χ0n) is 16.7. The summed E-state index contributed by atoms with van der Waals surface area (Å²) in [6.07, 6.45) is 6.38. The van der Waals surface area contributed by atoms with Crippen LogP contribution >= 0.6 is 0 Å². The lowest BCUT2D eigenvalue weighted by atomic mass is 10.1. The third-order valence-electron chi connectivity index (χ3n) is 4.55. The van der Waals surface area contributed by atoms with Crippen LogP contribution in [0, 0.1) is 0 Å². The van der Waals surface area contributed by atoms with Crippen LogP contribution in [0.15, 0.2) is 79.1 Å². The van der Waals surface area contributed by atoms with E-state index in [-0.39, 0.29) is 18.3 Å². The summed E-state index contributed by atoms with van der Waals surface area (Å²) in [6.45, 7) is 0.658. The molecule has 1 heterocycles. The number of aliphatic hydroxyl groups excluding tert-OH is 1. The Hall–Kier alpha value is -3.77. The Balaban J connectivity index is 1.59. The highest BCUT2D eigenvalue weighted by molar-refractivity contribution is 6.07. The molecule has 6 nitrogen and oxygen atoms in total. The first-order valence-electron chi connectivity index (χ1n) is 9.53. The summed E-state index contributed by atoms with van der Waals surface area (Å²) >= 11 is 0. The summed E-state index contributed by atoms with van der Waals surface area (Å²) in [5, 5.41) is 11.8. The zero-order valence-corrected chi connectivity index (χ0v) is 16.7. The number of nitrogens with zero attached hydrogens (tertiary/aromatic N) is 2. The first kappa shape index (κ1) is 21.0. The molecular weight excluding hydrogens is 378 g/mol. The van der Waals surface area contributed by atoms with E-state index in [1.807, 2.05) is 36.2 Å². The second kappa shape index (κ2) is 10.1. The van der Waals surface area contributed by atoms with E-state index in [0.29, 0.717) is 23.4 Å². The molecule has 0 aliphatic carbocycles. The molecule has 0 bridgehead atoms. The molecule has 2 N–H and O–H groups in total. The number of anilines is 2. The first-order valence-corrected chi connectivity index (χ1v) is 9.53. The smallest absolute Gasteiger partial charge is 0.257 e. The lowest BCUT2D eigenvalue weighted by Gasteiger charge is -2.17. The molecule has 0 unspecified atom stereocenters. The lowest BCUT2D eigenvalue weighted by molar-refractivity contribution is 0.102. The minimum atomic E-state index is -0.254. The average Bonchev–Trinajstić information content (AvgIpc) is 2.79. The second-order valence-electron chi connectivity index (χ2n) is 6.71. The second-order valence-corrected chi connectivity index (χ2v) is 6.71. The SMILES string of the molecule is CN(CCO)c1ccc(/C=C/C(=O)c2ccc(NC(=O)c3cccnc3)cc2)cc1. The molecule has 3 rings (SSSR count). The van der Waals surface area contributed by atoms with Crippen molar-refractivity contribution in [1.29, 1.82) is 0 Å². The molecule has 0 aliphatic heterocycles. The van der Waals surface area contributed by atoms with Gasteiger partial charge in [0.05, 0.1) is 12.2 Å². The Morgan fingerprint density at radius 1 is 1.03 bits per heavy atom. The van der Waals surface area contributed by atoms with Gasteiger partial charge in [0.15, 0.2) is 5.78 Å². The number of ketones is 1. The summed E-state index contributed by atoms with van der Waals surface area (Å²) in [5.41, 5.74) is 3.51. The molecule has 2 aromatic carbocycles. The molecule has 0 atom stereocenters. The van der Waals surface area contributed by atoms with Crippen molar-refractivity contribution >= 4 is 29.1 Å². The van der Waals surface area contributed by atoms with Gasteiger partial charge >= 0.3 is 0 Å². The maximum atomic E-state index is 12.4. The van der Waals surface area contributed by atoms with Gasteiger partial charge in [-0.25, -0.2) is 0 Å². The summed E-state index contributed by atoms with van der Waals surface area (Å²) in [4.78, 5) is 30.4. The van der Waals surface area contributed by atoms with Crippen LogP contribution in [0.5, 0.6) is 0 Å². The van der Waals surface area contributed by atoms with E-state index in [9.17, 15) is 9.59 Å². The first-order chi connectivity index (χ1) is 14.6. The van der Waals surface area contributed by atoms with Gasteiger partial charge in [0.2, 0.25) is 0 Å². The third kappa shape index (κ3) is 5.62. The van der Waals surface area contributed by atoms with E-state index >= 15 is 0 Å². The lowest BCUT2D eigenvalue weighted by Crippen LogP contribution is -2.20. The van der Waals surface area contributed by atoms with E-state index < -0.39 is 0 Å². The van der Waals surface area contributed by atoms with Gasteiger partial charge in [0.1, 0.15) is 0 Å². The molecule has 0 saturated heterocycles. The van der Waals surface area contributed by atoms with Gasteiger partial charge < -0.3 is 15.3 Å². The summed E-state index contributed by atoms with van der Waals surface area (Å²) < 4.78 is 0. The van der Waals surface area contributed by atoms with Crippen molar-refractivity contribution in [3.05, 3.63) is 95.8 Å². The predicted molar refractivity (Wildman–Crippen MR) is 119 cm³/mol. The van der Waals surface area contributed by atoms with Crippen LogP contribution in [0.3, 0.4) is 0 Å². The molecule has 1 aromatic heterocycles. The molecule has 6 heteroatoms. The van der Waals surface area contributed by atoms with E-state index in [1.54, 1.807) is 48.7 Å². The van der Waals surface area contributed by atoms with Crippen molar-refractivity contribution in [3.63, 3.8) is 0 Å². The Kier molecular flexibility index (Phi) is 7.08. The number of allylic oxidation sites excluding steroid dienone is 1. The fourth-order valence-electron chi connectivity index (χ4n) is 2.81. The molecule has 0 spiro atoms. The monoisotopic (exact) mass is 401 g/mol. The normalized spacial score (nSPS) is 10.7. The molecule has 0 fully saturated rings. The maximum absolute atomic E-state index is 12.4. The van der Waals surface area contributed by atoms with Gasteiger partial charge in [0, 0.05) is 42.9 Å². The molecule has 152 valence electrons. The fourth-order valence-corrected chi connectivity index (χ4v) is 2.81. The highest BCUT2D eigenvalue weighted by atomic mass is 16.3. The number of benzene rings is 2. The minimum absolute atomic E-state index is 0.0958. The number of amides is 1. The van der Waals surface area contributed by atoms with Crippen LogP contribution in [0.1, 0.15) is 26.3 Å². The topological polar surface area (TPSA) is 82.5 Å². The van der Waals surface area contributed by atoms with Crippen molar-refractivity contribution in [3.8, 4) is 0 Å². The summed E-state index contributed by atoms with van der Waals surface area (Å²) in [7, 11) is 1.91. The number of nitrogens with one attached hydrogen (secondary N) is 1. The highest BCUT2D eigenvalue weighted by Crippen LogP contribution is 2.16. The van der Waals surface area contributed by atoms with Gasteiger partial charge in [-0.1, -0.05) is 18.2 Å². The summed E-state index contributed by atoms with van der Waals surface area (Å²) in [6, 6.07) is 17.9. The number of carbonyl (C=O) groups is 2. The largest absolute Gasteiger partial charge is 0.395 e. The Morgan fingerprint density at radius 3 is 2.40 bits per heavy atom. The van der Waals surface area contributed by atoms with Gasteiger partial charge in [-0.3, -0.25) is 14.6 Å². The van der Waals surface area contributed by atoms with Gasteiger partial charge in [-0.2, -0.15) is 0 Å². The van der Waals surface area contributed by atoms with Crippen molar-refractivity contribution in [2.45, 2.75) is 0 Å². The molecule has 0 radical (unpaired) electrons. The molecule has 0 saturated carbocycles. The quantitative estimate of drug-likeness (QED) is 0.445. The Labute approximate surface area is 175 Å². The van der Waals surface area contributed by atoms with Crippen molar-refractivity contribution in [2.75, 3.05) is 30.4 Å². The Bertz CT molecular complexity index is 1010. The van der Waals surface area contributed by atoms with Crippen LogP contribution < -0.4 is 10.2 Å². The number of likely N-dealkylation sites (N-methyl/N-ethyl adjacent to an activating group) is 1. The van der Waals surface area contributed by atoms with Crippen LogP contribution in [0.2, 0.25) is 0 Å². The van der Waals surface area contributed by atoms with Crippen LogP contribution in [0.4, 0.5) is 11.4 Å². The number of rotatable bonds is 8. The fraction of sp³-hybridized carbons (Fsp3) is 0.125. The number of carbonyl (C=O) groups excluding carboxylic acids is 2. The van der Waals surface area contributed by atoms with Crippen LogP contribution in [-0.2, 0) is 0 Å². The number of aliphatic hydroxyl groups is 1. The number of aromatic nitrogens is 1. The number of hydrogen-bond acceptors (Lipinski definition) is 5. The van der Waals surface area contributed by atoms with Crippen LogP contribution in [0.25, 0.3) is 6.08 Å². The highest BCUT2D eigenvalue weighted by Gasteiger charge is 2.07. The van der Waals surface area contributed by atoms with E-state index in [2.05, 4.69) is 10.3 Å². The number of pyridine rings is 1. The van der Waals surface area contributed by atoms with E-state index in [0.717, 1.165) is 11.3 Å². The van der Waals surface area contributed by atoms with Gasteiger partial charge in [-0.05, 0) is 60.2 Å². The Morgan fingerprint density at radius 2 is 1.77 bits per heavy atom. The molecular formula is C24H23N3O3. The van der Waals surface area contributed by atoms with E-state index in [1.165, 1.54) is 12.3 Å².